The van der Waals surface area contributed by atoms with Gasteiger partial charge in [-0.1, -0.05) is 18.2 Å². The second-order valence-electron chi connectivity index (χ2n) is 6.30. The number of para-hydroxylation sites is 1. The summed E-state index contributed by atoms with van der Waals surface area (Å²) in [6.07, 6.45) is 3.76. The number of carboxylic acids is 1. The largest absolute Gasteiger partial charge is 0.481 e. The number of carboxylic acid groups (broad SMARTS) is 1. The van der Waals surface area contributed by atoms with Gasteiger partial charge < -0.3 is 10.0 Å². The lowest BCUT2D eigenvalue weighted by Crippen LogP contribution is -2.44. The monoisotopic (exact) mass is 288 g/mol. The molecule has 1 N–H and O–H groups in total. The Hall–Kier alpha value is -1.55. The number of hydrogen-bond acceptors (Lipinski definition) is 3. The highest BCUT2D eigenvalue weighted by molar-refractivity contribution is 5.67. The van der Waals surface area contributed by atoms with Crippen LogP contribution in [0.25, 0.3) is 0 Å². The fraction of sp³-hybridized carbons (Fsp3) is 0.588. The number of carbonyl (C=O) groups is 1. The Kier molecular flexibility index (Phi) is 4.44. The summed E-state index contributed by atoms with van der Waals surface area (Å²) in [6, 6.07) is 11.3. The average molecular weight is 288 g/mol. The average Bonchev–Trinajstić information content (AvgIpc) is 2.96. The van der Waals surface area contributed by atoms with Gasteiger partial charge >= 0.3 is 5.97 Å². The summed E-state index contributed by atoms with van der Waals surface area (Å²) < 4.78 is 0. The molecule has 0 aliphatic carbocycles. The van der Waals surface area contributed by atoms with E-state index >= 15 is 0 Å². The van der Waals surface area contributed by atoms with E-state index in [9.17, 15) is 4.79 Å². The van der Waals surface area contributed by atoms with Gasteiger partial charge in [-0.05, 0) is 43.9 Å². The van der Waals surface area contributed by atoms with Crippen LogP contribution in [0.15, 0.2) is 30.3 Å². The van der Waals surface area contributed by atoms with Crippen molar-refractivity contribution >= 4 is 11.7 Å². The minimum Gasteiger partial charge on any atom is -0.481 e. The number of hydrogen-bond donors (Lipinski definition) is 1. The van der Waals surface area contributed by atoms with Crippen molar-refractivity contribution in [1.82, 2.24) is 4.90 Å². The number of piperidine rings is 1. The Bertz CT molecular complexity index is 469. The highest BCUT2D eigenvalue weighted by atomic mass is 16.4. The van der Waals surface area contributed by atoms with Crippen LogP contribution in [-0.2, 0) is 4.79 Å². The van der Waals surface area contributed by atoms with Gasteiger partial charge in [0.05, 0.1) is 0 Å². The summed E-state index contributed by atoms with van der Waals surface area (Å²) in [5.74, 6) is -0.296. The quantitative estimate of drug-likeness (QED) is 0.924. The van der Waals surface area contributed by atoms with Crippen LogP contribution in [-0.4, -0.2) is 48.2 Å². The van der Waals surface area contributed by atoms with Gasteiger partial charge in [-0.2, -0.15) is 0 Å². The van der Waals surface area contributed by atoms with Crippen molar-refractivity contribution in [3.05, 3.63) is 30.3 Å². The lowest BCUT2D eigenvalue weighted by molar-refractivity contribution is -0.138. The minimum absolute atomic E-state index is 0.333. The molecule has 1 aromatic rings. The third kappa shape index (κ3) is 3.56. The van der Waals surface area contributed by atoms with Crippen molar-refractivity contribution in [2.75, 3.05) is 31.1 Å². The molecule has 2 heterocycles. The molecule has 0 saturated carbocycles. The zero-order valence-corrected chi connectivity index (χ0v) is 12.4. The van der Waals surface area contributed by atoms with E-state index in [0.29, 0.717) is 18.4 Å². The molecule has 4 heteroatoms. The van der Waals surface area contributed by atoms with E-state index in [4.69, 9.17) is 5.11 Å². The Morgan fingerprint density at radius 3 is 2.48 bits per heavy atom. The minimum atomic E-state index is -0.652. The molecule has 2 saturated heterocycles. The van der Waals surface area contributed by atoms with Crippen LogP contribution in [0.1, 0.15) is 25.7 Å². The summed E-state index contributed by atoms with van der Waals surface area (Å²) >= 11 is 0. The predicted molar refractivity (Wildman–Crippen MR) is 83.6 cm³/mol. The molecule has 0 radical (unpaired) electrons. The van der Waals surface area contributed by atoms with E-state index in [-0.39, 0.29) is 0 Å². The second-order valence-corrected chi connectivity index (χ2v) is 6.30. The van der Waals surface area contributed by atoms with Crippen molar-refractivity contribution in [2.45, 2.75) is 31.7 Å². The molecule has 0 aromatic heterocycles. The van der Waals surface area contributed by atoms with Gasteiger partial charge in [0, 0.05) is 37.8 Å². The van der Waals surface area contributed by atoms with Gasteiger partial charge in [0.25, 0.3) is 0 Å². The van der Waals surface area contributed by atoms with Crippen LogP contribution in [0.3, 0.4) is 0 Å². The van der Waals surface area contributed by atoms with Crippen LogP contribution in [0.4, 0.5) is 5.69 Å². The van der Waals surface area contributed by atoms with Crippen LogP contribution in [0.5, 0.6) is 0 Å². The molecule has 2 aliphatic rings. The summed E-state index contributed by atoms with van der Waals surface area (Å²) in [5, 5.41) is 8.91. The normalized spacial score (nSPS) is 24.4. The predicted octanol–water partition coefficient (Wildman–Crippen LogP) is 2.45. The van der Waals surface area contributed by atoms with Gasteiger partial charge in [0.15, 0.2) is 0 Å². The van der Waals surface area contributed by atoms with Gasteiger partial charge in [0.1, 0.15) is 0 Å². The molecular weight excluding hydrogens is 264 g/mol. The van der Waals surface area contributed by atoms with Crippen LogP contribution in [0, 0.1) is 5.92 Å². The molecule has 2 aliphatic heterocycles. The molecule has 0 spiro atoms. The number of aliphatic carboxylic acids is 1. The Morgan fingerprint density at radius 1 is 1.10 bits per heavy atom. The topological polar surface area (TPSA) is 43.8 Å². The third-order valence-corrected chi connectivity index (χ3v) is 4.88. The number of likely N-dealkylation sites (tertiary alicyclic amines) is 1. The van der Waals surface area contributed by atoms with E-state index < -0.39 is 5.97 Å². The molecule has 21 heavy (non-hydrogen) atoms. The summed E-state index contributed by atoms with van der Waals surface area (Å²) in [4.78, 5) is 15.8. The molecule has 114 valence electrons. The number of anilines is 1. The van der Waals surface area contributed by atoms with Crippen molar-refractivity contribution in [2.24, 2.45) is 5.92 Å². The molecule has 2 fully saturated rings. The fourth-order valence-corrected chi connectivity index (χ4v) is 3.74. The summed E-state index contributed by atoms with van der Waals surface area (Å²) in [7, 11) is 0. The number of nitrogens with zero attached hydrogens (tertiary/aromatic N) is 2. The summed E-state index contributed by atoms with van der Waals surface area (Å²) in [6.45, 7) is 4.26. The Morgan fingerprint density at radius 2 is 1.81 bits per heavy atom. The first-order chi connectivity index (χ1) is 10.2. The van der Waals surface area contributed by atoms with Crippen molar-refractivity contribution in [3.8, 4) is 0 Å². The third-order valence-electron chi connectivity index (χ3n) is 4.88. The van der Waals surface area contributed by atoms with Crippen LogP contribution < -0.4 is 4.90 Å². The molecular formula is C17H24N2O2. The Balaban J connectivity index is 1.49. The molecule has 1 aromatic carbocycles. The van der Waals surface area contributed by atoms with Crippen molar-refractivity contribution in [1.29, 1.82) is 0 Å². The lowest BCUT2D eigenvalue weighted by Gasteiger charge is -2.38. The first-order valence-electron chi connectivity index (χ1n) is 7.98. The first kappa shape index (κ1) is 14.4. The van der Waals surface area contributed by atoms with E-state index in [1.54, 1.807) is 0 Å². The zero-order chi connectivity index (χ0) is 14.7. The highest BCUT2D eigenvalue weighted by Gasteiger charge is 2.31. The highest BCUT2D eigenvalue weighted by Crippen LogP contribution is 2.27. The van der Waals surface area contributed by atoms with Gasteiger partial charge in [-0.3, -0.25) is 9.69 Å². The van der Waals surface area contributed by atoms with Crippen LogP contribution in [0.2, 0.25) is 0 Å². The van der Waals surface area contributed by atoms with Gasteiger partial charge in [-0.15, -0.1) is 0 Å². The lowest BCUT2D eigenvalue weighted by atomic mass is 10.0. The first-order valence-corrected chi connectivity index (χ1v) is 7.98. The Labute approximate surface area is 126 Å². The van der Waals surface area contributed by atoms with E-state index in [1.807, 2.05) is 0 Å². The van der Waals surface area contributed by atoms with E-state index in [0.717, 1.165) is 32.6 Å². The maximum absolute atomic E-state index is 10.8. The smallest absolute Gasteiger partial charge is 0.303 e. The van der Waals surface area contributed by atoms with Crippen molar-refractivity contribution in [3.63, 3.8) is 0 Å². The zero-order valence-electron chi connectivity index (χ0n) is 12.4. The number of benzene rings is 1. The second kappa shape index (κ2) is 6.48. The molecule has 4 nitrogen and oxygen atoms in total. The van der Waals surface area contributed by atoms with E-state index in [1.165, 1.54) is 18.5 Å². The molecule has 3 rings (SSSR count). The van der Waals surface area contributed by atoms with E-state index in [2.05, 4.69) is 40.1 Å². The number of rotatable bonds is 4. The van der Waals surface area contributed by atoms with Crippen molar-refractivity contribution < 1.29 is 9.90 Å². The standard InChI is InChI=1S/C17H24N2O2/c20-17(21)12-14-6-9-19(13-14)16-7-10-18(11-8-16)15-4-2-1-3-5-15/h1-5,14,16H,6-13H2,(H,20,21). The van der Waals surface area contributed by atoms with Crippen LogP contribution >= 0.6 is 0 Å². The molecule has 1 atom stereocenters. The maximum Gasteiger partial charge on any atom is 0.303 e. The van der Waals surface area contributed by atoms with Gasteiger partial charge in [-0.25, -0.2) is 0 Å². The van der Waals surface area contributed by atoms with Gasteiger partial charge in [0.2, 0.25) is 0 Å². The fourth-order valence-electron chi connectivity index (χ4n) is 3.74. The summed E-state index contributed by atoms with van der Waals surface area (Å²) in [5.41, 5.74) is 1.32. The molecule has 0 bridgehead atoms. The molecule has 1 unspecified atom stereocenters. The SMILES string of the molecule is O=C(O)CC1CCN(C2CCN(c3ccccc3)CC2)C1. The molecule has 0 amide bonds. The maximum atomic E-state index is 10.8.